The molecule has 3 rings (SSSR count). The molecule has 1 aromatic carbocycles. The summed E-state index contributed by atoms with van der Waals surface area (Å²) in [6.45, 7) is 6.92. The predicted molar refractivity (Wildman–Crippen MR) is 89.6 cm³/mol. The molecule has 0 bridgehead atoms. The van der Waals surface area contributed by atoms with Gasteiger partial charge in [-0.1, -0.05) is 37.6 Å². The topological polar surface area (TPSA) is 64.0 Å². The van der Waals surface area contributed by atoms with E-state index in [2.05, 4.69) is 36.7 Å². The first-order valence-electron chi connectivity index (χ1n) is 7.99. The van der Waals surface area contributed by atoms with Crippen molar-refractivity contribution < 1.29 is 8.42 Å². The normalized spacial score (nSPS) is 17.7. The second-order valence-electron chi connectivity index (χ2n) is 6.71. The minimum Gasteiger partial charge on any atom is -0.271 e. The van der Waals surface area contributed by atoms with Gasteiger partial charge >= 0.3 is 0 Å². The van der Waals surface area contributed by atoms with E-state index in [1.807, 2.05) is 12.1 Å². The standard InChI is InChI=1S/C17H23N3O2S/c1-12(2)10-20-11-15(9-18-20)23(21,22)19-17-7-5-14-8-13(3)4-6-16(14)17/h4,6,8-9,11-12,17,19H,5,7,10H2,1-3H3. The van der Waals surface area contributed by atoms with E-state index in [1.165, 1.54) is 17.3 Å². The maximum atomic E-state index is 12.6. The van der Waals surface area contributed by atoms with Gasteiger partial charge < -0.3 is 0 Å². The fourth-order valence-electron chi connectivity index (χ4n) is 3.08. The summed E-state index contributed by atoms with van der Waals surface area (Å²) >= 11 is 0. The molecular weight excluding hydrogens is 310 g/mol. The lowest BCUT2D eigenvalue weighted by atomic mass is 10.1. The van der Waals surface area contributed by atoms with E-state index in [0.717, 1.165) is 18.4 Å². The Bertz CT molecular complexity index is 809. The Kier molecular flexibility index (Phi) is 4.29. The highest BCUT2D eigenvalue weighted by atomic mass is 32.2. The molecule has 0 aliphatic heterocycles. The van der Waals surface area contributed by atoms with Crippen molar-refractivity contribution in [3.63, 3.8) is 0 Å². The average Bonchev–Trinajstić information content (AvgIpc) is 3.05. The van der Waals surface area contributed by atoms with Crippen LogP contribution in [0.3, 0.4) is 0 Å². The average molecular weight is 333 g/mol. The maximum Gasteiger partial charge on any atom is 0.244 e. The Morgan fingerprint density at radius 1 is 1.39 bits per heavy atom. The minimum absolute atomic E-state index is 0.149. The molecule has 0 saturated carbocycles. The fourth-order valence-corrected chi connectivity index (χ4v) is 4.28. The molecule has 0 radical (unpaired) electrons. The molecule has 23 heavy (non-hydrogen) atoms. The molecule has 2 aromatic rings. The Morgan fingerprint density at radius 2 is 2.17 bits per heavy atom. The first-order chi connectivity index (χ1) is 10.8. The van der Waals surface area contributed by atoms with Crippen molar-refractivity contribution in [1.29, 1.82) is 0 Å². The van der Waals surface area contributed by atoms with Crippen LogP contribution in [-0.4, -0.2) is 18.2 Å². The summed E-state index contributed by atoms with van der Waals surface area (Å²) in [6, 6.07) is 6.06. The first kappa shape index (κ1) is 16.2. The van der Waals surface area contributed by atoms with E-state index >= 15 is 0 Å². The molecule has 0 fully saturated rings. The molecule has 1 aromatic heterocycles. The van der Waals surface area contributed by atoms with Gasteiger partial charge in [0.05, 0.1) is 6.20 Å². The lowest BCUT2D eigenvalue weighted by Gasteiger charge is -2.13. The molecule has 1 atom stereocenters. The molecule has 0 saturated heterocycles. The van der Waals surface area contributed by atoms with Crippen molar-refractivity contribution in [1.82, 2.24) is 14.5 Å². The molecule has 1 N–H and O–H groups in total. The van der Waals surface area contributed by atoms with Crippen LogP contribution in [0.2, 0.25) is 0 Å². The van der Waals surface area contributed by atoms with E-state index in [1.54, 1.807) is 10.9 Å². The van der Waals surface area contributed by atoms with Gasteiger partial charge in [-0.05, 0) is 36.8 Å². The fraction of sp³-hybridized carbons (Fsp3) is 0.471. The molecule has 0 amide bonds. The van der Waals surface area contributed by atoms with Gasteiger partial charge in [0.2, 0.25) is 10.0 Å². The third-order valence-corrected chi connectivity index (χ3v) is 5.57. The van der Waals surface area contributed by atoms with Crippen molar-refractivity contribution in [2.24, 2.45) is 5.92 Å². The second-order valence-corrected chi connectivity index (χ2v) is 8.42. The van der Waals surface area contributed by atoms with Gasteiger partial charge in [0.15, 0.2) is 0 Å². The van der Waals surface area contributed by atoms with Crippen LogP contribution in [0.1, 0.15) is 43.0 Å². The highest BCUT2D eigenvalue weighted by Gasteiger charge is 2.28. The molecule has 124 valence electrons. The number of benzene rings is 1. The van der Waals surface area contributed by atoms with Crippen LogP contribution in [0.25, 0.3) is 0 Å². The van der Waals surface area contributed by atoms with Gasteiger partial charge in [0, 0.05) is 18.8 Å². The zero-order chi connectivity index (χ0) is 16.6. The van der Waals surface area contributed by atoms with Crippen molar-refractivity contribution in [3.05, 3.63) is 47.3 Å². The highest BCUT2D eigenvalue weighted by Crippen LogP contribution is 2.32. The number of rotatable bonds is 5. The van der Waals surface area contributed by atoms with Crippen LogP contribution in [-0.2, 0) is 23.0 Å². The number of nitrogens with zero attached hydrogens (tertiary/aromatic N) is 2. The van der Waals surface area contributed by atoms with E-state index in [-0.39, 0.29) is 10.9 Å². The number of nitrogens with one attached hydrogen (secondary N) is 1. The van der Waals surface area contributed by atoms with Gasteiger partial charge in [0.25, 0.3) is 0 Å². The molecule has 6 heteroatoms. The van der Waals surface area contributed by atoms with E-state index in [9.17, 15) is 8.42 Å². The lowest BCUT2D eigenvalue weighted by Crippen LogP contribution is -2.27. The quantitative estimate of drug-likeness (QED) is 0.915. The zero-order valence-electron chi connectivity index (χ0n) is 13.8. The third kappa shape index (κ3) is 3.48. The van der Waals surface area contributed by atoms with Crippen LogP contribution in [0, 0.1) is 12.8 Å². The van der Waals surface area contributed by atoms with Crippen LogP contribution >= 0.6 is 0 Å². The monoisotopic (exact) mass is 333 g/mol. The van der Waals surface area contributed by atoms with Gasteiger partial charge in [-0.25, -0.2) is 13.1 Å². The summed E-state index contributed by atoms with van der Waals surface area (Å²) in [7, 11) is -3.54. The SMILES string of the molecule is Cc1ccc2c(c1)CCC2NS(=O)(=O)c1cnn(CC(C)C)c1. The first-order valence-corrected chi connectivity index (χ1v) is 9.47. The van der Waals surface area contributed by atoms with Gasteiger partial charge in [-0.15, -0.1) is 0 Å². The Hall–Kier alpha value is -1.66. The summed E-state index contributed by atoms with van der Waals surface area (Å²) < 4.78 is 29.7. The molecular formula is C17H23N3O2S. The van der Waals surface area contributed by atoms with E-state index in [0.29, 0.717) is 12.5 Å². The summed E-state index contributed by atoms with van der Waals surface area (Å²) in [6.07, 6.45) is 4.75. The number of aromatic nitrogens is 2. The summed E-state index contributed by atoms with van der Waals surface area (Å²) in [5.41, 5.74) is 3.55. The van der Waals surface area contributed by atoms with Crippen molar-refractivity contribution in [3.8, 4) is 0 Å². The number of aryl methyl sites for hydroxylation is 2. The Balaban J connectivity index is 1.79. The molecule has 5 nitrogen and oxygen atoms in total. The van der Waals surface area contributed by atoms with Gasteiger partial charge in [0.1, 0.15) is 4.90 Å². The number of hydrogen-bond acceptors (Lipinski definition) is 3. The molecule has 1 unspecified atom stereocenters. The van der Waals surface area contributed by atoms with Crippen LogP contribution in [0.4, 0.5) is 0 Å². The summed E-state index contributed by atoms with van der Waals surface area (Å²) in [4.78, 5) is 0.235. The minimum atomic E-state index is -3.54. The van der Waals surface area contributed by atoms with E-state index < -0.39 is 10.0 Å². The second kappa shape index (κ2) is 6.09. The van der Waals surface area contributed by atoms with Crippen molar-refractivity contribution in [2.45, 2.75) is 51.1 Å². The van der Waals surface area contributed by atoms with Crippen LogP contribution < -0.4 is 4.72 Å². The molecule has 1 heterocycles. The number of sulfonamides is 1. The van der Waals surface area contributed by atoms with Crippen LogP contribution in [0.5, 0.6) is 0 Å². The zero-order valence-corrected chi connectivity index (χ0v) is 14.6. The number of fused-ring (bicyclic) bond motifs is 1. The Labute approximate surface area is 137 Å². The smallest absolute Gasteiger partial charge is 0.244 e. The van der Waals surface area contributed by atoms with Crippen molar-refractivity contribution >= 4 is 10.0 Å². The molecule has 1 aliphatic carbocycles. The van der Waals surface area contributed by atoms with E-state index in [4.69, 9.17) is 0 Å². The largest absolute Gasteiger partial charge is 0.271 e. The molecule has 0 spiro atoms. The maximum absolute atomic E-state index is 12.6. The summed E-state index contributed by atoms with van der Waals surface area (Å²) in [5, 5.41) is 4.15. The predicted octanol–water partition coefficient (Wildman–Crippen LogP) is 2.81. The van der Waals surface area contributed by atoms with Gasteiger partial charge in [-0.3, -0.25) is 4.68 Å². The lowest BCUT2D eigenvalue weighted by molar-refractivity contribution is 0.482. The van der Waals surface area contributed by atoms with Gasteiger partial charge in [-0.2, -0.15) is 5.10 Å². The molecule has 1 aliphatic rings. The Morgan fingerprint density at radius 3 is 2.91 bits per heavy atom. The number of hydrogen-bond donors (Lipinski definition) is 1. The van der Waals surface area contributed by atoms with Crippen LogP contribution in [0.15, 0.2) is 35.5 Å². The summed E-state index contributed by atoms with van der Waals surface area (Å²) in [5.74, 6) is 0.420. The third-order valence-electron chi connectivity index (χ3n) is 4.15. The van der Waals surface area contributed by atoms with Crippen molar-refractivity contribution in [2.75, 3.05) is 0 Å². The highest BCUT2D eigenvalue weighted by molar-refractivity contribution is 7.89.